The molecule has 1 saturated heterocycles. The highest BCUT2D eigenvalue weighted by Crippen LogP contribution is 2.29. The molecule has 0 bridgehead atoms. The molecule has 1 heterocycles. The molecule has 2 aromatic rings. The van der Waals surface area contributed by atoms with E-state index in [-0.39, 0.29) is 5.91 Å². The Kier molecular flexibility index (Phi) is 5.17. The van der Waals surface area contributed by atoms with Crippen LogP contribution in [0.1, 0.15) is 10.4 Å². The number of carbonyl (C=O) groups excluding carboxylic acids is 1. The molecule has 0 saturated carbocycles. The third-order valence-corrected chi connectivity index (χ3v) is 4.67. The average molecular weight is 365 g/mol. The molecule has 0 unspecified atom stereocenters. The molecule has 0 spiro atoms. The standard InChI is InChI=1S/C18H18Cl2N2O2/c1-24-15-4-2-3-13(11-15)18(23)22-9-7-21(8-10-22)17-6-5-14(19)12-16(17)20/h2-6,11-12H,7-10H2,1H3. The quantitative estimate of drug-likeness (QED) is 0.825. The van der Waals surface area contributed by atoms with E-state index in [2.05, 4.69) is 4.90 Å². The summed E-state index contributed by atoms with van der Waals surface area (Å²) >= 11 is 12.2. The van der Waals surface area contributed by atoms with E-state index in [0.29, 0.717) is 34.4 Å². The van der Waals surface area contributed by atoms with Crippen LogP contribution in [0.4, 0.5) is 5.69 Å². The first-order valence-electron chi connectivity index (χ1n) is 7.72. The van der Waals surface area contributed by atoms with E-state index in [1.807, 2.05) is 35.2 Å². The van der Waals surface area contributed by atoms with Gasteiger partial charge in [-0.1, -0.05) is 29.3 Å². The van der Waals surface area contributed by atoms with Gasteiger partial charge in [-0.15, -0.1) is 0 Å². The summed E-state index contributed by atoms with van der Waals surface area (Å²) in [5.41, 5.74) is 1.60. The lowest BCUT2D eigenvalue weighted by molar-refractivity contribution is 0.0746. The number of carbonyl (C=O) groups is 1. The van der Waals surface area contributed by atoms with Gasteiger partial charge in [-0.2, -0.15) is 0 Å². The Balaban J connectivity index is 1.67. The number of hydrogen-bond acceptors (Lipinski definition) is 3. The number of halogens is 2. The molecule has 0 atom stereocenters. The SMILES string of the molecule is COc1cccc(C(=O)N2CCN(c3ccc(Cl)cc3Cl)CC2)c1. The molecule has 1 aliphatic heterocycles. The summed E-state index contributed by atoms with van der Waals surface area (Å²) in [4.78, 5) is 16.7. The molecule has 24 heavy (non-hydrogen) atoms. The van der Waals surface area contributed by atoms with Crippen LogP contribution in [0.15, 0.2) is 42.5 Å². The van der Waals surface area contributed by atoms with Crippen LogP contribution in [0.25, 0.3) is 0 Å². The van der Waals surface area contributed by atoms with Gasteiger partial charge in [0.15, 0.2) is 0 Å². The highest BCUT2D eigenvalue weighted by Gasteiger charge is 2.23. The Labute approximate surface area is 151 Å². The first-order valence-corrected chi connectivity index (χ1v) is 8.47. The van der Waals surface area contributed by atoms with Crippen LogP contribution in [-0.2, 0) is 0 Å². The lowest BCUT2D eigenvalue weighted by Crippen LogP contribution is -2.48. The summed E-state index contributed by atoms with van der Waals surface area (Å²) in [5, 5.41) is 1.26. The van der Waals surface area contributed by atoms with Gasteiger partial charge >= 0.3 is 0 Å². The van der Waals surface area contributed by atoms with Crippen LogP contribution in [0.5, 0.6) is 5.75 Å². The minimum absolute atomic E-state index is 0.0238. The number of rotatable bonds is 3. The summed E-state index contributed by atoms with van der Waals surface area (Å²) in [6.45, 7) is 2.76. The van der Waals surface area contributed by atoms with E-state index in [4.69, 9.17) is 27.9 Å². The second-order valence-electron chi connectivity index (χ2n) is 5.61. The van der Waals surface area contributed by atoms with Gasteiger partial charge in [0.05, 0.1) is 17.8 Å². The van der Waals surface area contributed by atoms with E-state index in [9.17, 15) is 4.79 Å². The molecular formula is C18H18Cl2N2O2. The number of nitrogens with zero attached hydrogens (tertiary/aromatic N) is 2. The average Bonchev–Trinajstić information content (AvgIpc) is 2.61. The van der Waals surface area contributed by atoms with Crippen molar-refractivity contribution in [3.8, 4) is 5.75 Å². The van der Waals surface area contributed by atoms with E-state index >= 15 is 0 Å². The van der Waals surface area contributed by atoms with E-state index in [1.54, 1.807) is 19.2 Å². The number of amides is 1. The van der Waals surface area contributed by atoms with E-state index in [1.165, 1.54) is 0 Å². The molecule has 0 aliphatic carbocycles. The Morgan fingerprint density at radius 1 is 1.04 bits per heavy atom. The van der Waals surface area contributed by atoms with Crippen LogP contribution < -0.4 is 9.64 Å². The molecule has 1 aliphatic rings. The maximum Gasteiger partial charge on any atom is 0.254 e. The zero-order valence-electron chi connectivity index (χ0n) is 13.3. The zero-order chi connectivity index (χ0) is 17.1. The topological polar surface area (TPSA) is 32.8 Å². The van der Waals surface area contributed by atoms with Gasteiger partial charge in [-0.05, 0) is 36.4 Å². The third kappa shape index (κ3) is 3.60. The number of benzene rings is 2. The maximum atomic E-state index is 12.6. The van der Waals surface area contributed by atoms with Crippen molar-refractivity contribution in [1.82, 2.24) is 4.90 Å². The fourth-order valence-corrected chi connectivity index (χ4v) is 3.35. The van der Waals surface area contributed by atoms with E-state index in [0.717, 1.165) is 18.8 Å². The van der Waals surface area contributed by atoms with Crippen molar-refractivity contribution in [1.29, 1.82) is 0 Å². The molecule has 126 valence electrons. The molecule has 0 radical (unpaired) electrons. The van der Waals surface area contributed by atoms with Crippen molar-refractivity contribution in [2.75, 3.05) is 38.2 Å². The summed E-state index contributed by atoms with van der Waals surface area (Å²) < 4.78 is 5.19. The third-order valence-electron chi connectivity index (χ3n) is 4.13. The molecule has 1 fully saturated rings. The van der Waals surface area contributed by atoms with Crippen molar-refractivity contribution in [3.05, 3.63) is 58.1 Å². The van der Waals surface area contributed by atoms with Gasteiger partial charge in [-0.25, -0.2) is 0 Å². The molecular weight excluding hydrogens is 347 g/mol. The van der Waals surface area contributed by atoms with Gasteiger partial charge in [0.2, 0.25) is 0 Å². The fraction of sp³-hybridized carbons (Fsp3) is 0.278. The van der Waals surface area contributed by atoms with Gasteiger partial charge in [-0.3, -0.25) is 4.79 Å². The van der Waals surface area contributed by atoms with Crippen LogP contribution in [0.3, 0.4) is 0 Å². The largest absolute Gasteiger partial charge is 0.497 e. The Morgan fingerprint density at radius 3 is 2.46 bits per heavy atom. The molecule has 0 N–H and O–H groups in total. The Morgan fingerprint density at radius 2 is 1.79 bits per heavy atom. The molecule has 1 amide bonds. The number of anilines is 1. The van der Waals surface area contributed by atoms with Crippen molar-refractivity contribution >= 4 is 34.8 Å². The van der Waals surface area contributed by atoms with Gasteiger partial charge in [0.25, 0.3) is 5.91 Å². The molecule has 3 rings (SSSR count). The van der Waals surface area contributed by atoms with Gasteiger partial charge in [0, 0.05) is 36.8 Å². The summed E-state index contributed by atoms with van der Waals surface area (Å²) in [6, 6.07) is 12.7. The number of methoxy groups -OCH3 is 1. The number of ether oxygens (including phenoxy) is 1. The zero-order valence-corrected chi connectivity index (χ0v) is 14.8. The lowest BCUT2D eigenvalue weighted by Gasteiger charge is -2.36. The molecule has 2 aromatic carbocycles. The summed E-state index contributed by atoms with van der Waals surface area (Å²) in [7, 11) is 1.60. The first kappa shape index (κ1) is 16.9. The van der Waals surface area contributed by atoms with Crippen molar-refractivity contribution in [3.63, 3.8) is 0 Å². The lowest BCUT2D eigenvalue weighted by atomic mass is 10.1. The maximum absolute atomic E-state index is 12.6. The minimum atomic E-state index is 0.0238. The summed E-state index contributed by atoms with van der Waals surface area (Å²) in [5.74, 6) is 0.711. The van der Waals surface area contributed by atoms with Crippen LogP contribution >= 0.6 is 23.2 Å². The van der Waals surface area contributed by atoms with Crippen molar-refractivity contribution in [2.24, 2.45) is 0 Å². The highest BCUT2D eigenvalue weighted by atomic mass is 35.5. The van der Waals surface area contributed by atoms with Crippen molar-refractivity contribution in [2.45, 2.75) is 0 Å². The van der Waals surface area contributed by atoms with Crippen molar-refractivity contribution < 1.29 is 9.53 Å². The Hall–Kier alpha value is -1.91. The number of hydrogen-bond donors (Lipinski definition) is 0. The minimum Gasteiger partial charge on any atom is -0.497 e. The van der Waals surface area contributed by atoms with Crippen LogP contribution in [0, 0.1) is 0 Å². The van der Waals surface area contributed by atoms with Crippen LogP contribution in [0.2, 0.25) is 10.0 Å². The molecule has 4 nitrogen and oxygen atoms in total. The second-order valence-corrected chi connectivity index (χ2v) is 6.45. The van der Waals surface area contributed by atoms with E-state index < -0.39 is 0 Å². The summed E-state index contributed by atoms with van der Waals surface area (Å²) in [6.07, 6.45) is 0. The predicted octanol–water partition coefficient (Wildman–Crippen LogP) is 3.96. The normalized spacial score (nSPS) is 14.6. The predicted molar refractivity (Wildman–Crippen MR) is 97.6 cm³/mol. The smallest absolute Gasteiger partial charge is 0.254 e. The van der Waals surface area contributed by atoms with Gasteiger partial charge < -0.3 is 14.5 Å². The molecule has 0 aromatic heterocycles. The fourth-order valence-electron chi connectivity index (χ4n) is 2.83. The Bertz CT molecular complexity index is 744. The molecule has 6 heteroatoms. The first-order chi connectivity index (χ1) is 11.6. The van der Waals surface area contributed by atoms with Gasteiger partial charge in [0.1, 0.15) is 5.75 Å². The number of piperazine rings is 1. The second kappa shape index (κ2) is 7.32. The van der Waals surface area contributed by atoms with Crippen LogP contribution in [-0.4, -0.2) is 44.1 Å². The monoisotopic (exact) mass is 364 g/mol. The highest BCUT2D eigenvalue weighted by molar-refractivity contribution is 6.36.